The number of ketones is 1. The third-order valence-corrected chi connectivity index (χ3v) is 3.69. The number of hydrogen-bond donors (Lipinski definition) is 1. The van der Waals surface area contributed by atoms with Crippen molar-refractivity contribution in [3.63, 3.8) is 0 Å². The lowest BCUT2D eigenvalue weighted by atomic mass is 9.64. The molecule has 4 heteroatoms. The molecule has 2 nitrogen and oxygen atoms in total. The molecule has 2 rings (SSSR count). The van der Waals surface area contributed by atoms with Crippen LogP contribution in [0.25, 0.3) is 0 Å². The summed E-state index contributed by atoms with van der Waals surface area (Å²) in [5, 5.41) is 0. The summed E-state index contributed by atoms with van der Waals surface area (Å²) in [5.41, 5.74) is 4.70. The molecule has 2 N–H and O–H groups in total. The fourth-order valence-corrected chi connectivity index (χ4v) is 2.26. The van der Waals surface area contributed by atoms with E-state index in [4.69, 9.17) is 5.73 Å². The number of rotatable bonds is 3. The van der Waals surface area contributed by atoms with Crippen LogP contribution in [0.2, 0.25) is 0 Å². The van der Waals surface area contributed by atoms with Crippen molar-refractivity contribution in [2.24, 2.45) is 11.1 Å². The molecule has 0 atom stereocenters. The zero-order valence-corrected chi connectivity index (χ0v) is 9.72. The Morgan fingerprint density at radius 1 is 1.41 bits per heavy atom. The van der Waals surface area contributed by atoms with Gasteiger partial charge in [0.15, 0.2) is 5.78 Å². The van der Waals surface area contributed by atoms with Gasteiger partial charge in [-0.05, 0) is 31.4 Å². The van der Waals surface area contributed by atoms with Gasteiger partial charge in [-0.15, -0.1) is 0 Å². The van der Waals surface area contributed by atoms with Crippen LogP contribution in [0.5, 0.6) is 0 Å². The maximum atomic E-state index is 13.8. The van der Waals surface area contributed by atoms with Crippen LogP contribution in [-0.2, 0) is 0 Å². The molecule has 1 aliphatic rings. The lowest BCUT2D eigenvalue weighted by Crippen LogP contribution is -2.45. The highest BCUT2D eigenvalue weighted by Crippen LogP contribution is 2.43. The average molecular weight is 239 g/mol. The van der Waals surface area contributed by atoms with E-state index in [0.717, 1.165) is 12.5 Å². The quantitative estimate of drug-likeness (QED) is 0.824. The van der Waals surface area contributed by atoms with Crippen molar-refractivity contribution in [3.05, 3.63) is 34.9 Å². The van der Waals surface area contributed by atoms with Gasteiger partial charge in [0.05, 0.1) is 5.56 Å². The zero-order valence-electron chi connectivity index (χ0n) is 9.72. The summed E-state index contributed by atoms with van der Waals surface area (Å²) in [7, 11) is 0. The Morgan fingerprint density at radius 3 is 2.53 bits per heavy atom. The monoisotopic (exact) mass is 239 g/mol. The van der Waals surface area contributed by atoms with Crippen molar-refractivity contribution in [2.45, 2.75) is 26.2 Å². The van der Waals surface area contributed by atoms with E-state index in [2.05, 4.69) is 0 Å². The highest BCUT2D eigenvalue weighted by Gasteiger charge is 2.45. The van der Waals surface area contributed by atoms with Crippen molar-refractivity contribution < 1.29 is 13.6 Å². The topological polar surface area (TPSA) is 43.1 Å². The Balaban J connectivity index is 2.47. The van der Waals surface area contributed by atoms with Crippen molar-refractivity contribution in [1.82, 2.24) is 0 Å². The summed E-state index contributed by atoms with van der Waals surface area (Å²) in [5.74, 6) is -2.03. The molecule has 0 amide bonds. The van der Waals surface area contributed by atoms with E-state index < -0.39 is 28.4 Å². The fraction of sp³-hybridized carbons (Fsp3) is 0.462. The molecule has 0 unspecified atom stereocenters. The summed E-state index contributed by atoms with van der Waals surface area (Å²) in [6.45, 7) is 1.67. The molecule has 1 aliphatic carbocycles. The lowest BCUT2D eigenvalue weighted by molar-refractivity contribution is 0.0626. The highest BCUT2D eigenvalue weighted by molar-refractivity contribution is 6.01. The maximum absolute atomic E-state index is 13.8. The molecule has 0 saturated heterocycles. The number of nitrogens with two attached hydrogens (primary N) is 1. The Labute approximate surface area is 98.8 Å². The van der Waals surface area contributed by atoms with Gasteiger partial charge in [0.2, 0.25) is 0 Å². The third kappa shape index (κ3) is 1.76. The van der Waals surface area contributed by atoms with Gasteiger partial charge in [0, 0.05) is 12.0 Å². The van der Waals surface area contributed by atoms with Crippen LogP contribution in [-0.4, -0.2) is 12.3 Å². The van der Waals surface area contributed by atoms with Crippen LogP contribution in [0.15, 0.2) is 12.1 Å². The molecule has 1 aromatic rings. The number of benzene rings is 1. The van der Waals surface area contributed by atoms with E-state index in [1.54, 1.807) is 0 Å². The molecular formula is C13H15F2NO. The highest BCUT2D eigenvalue weighted by atomic mass is 19.1. The van der Waals surface area contributed by atoms with Crippen LogP contribution in [0.4, 0.5) is 8.78 Å². The van der Waals surface area contributed by atoms with E-state index in [1.807, 2.05) is 0 Å². The van der Waals surface area contributed by atoms with Crippen LogP contribution < -0.4 is 5.73 Å². The summed E-state index contributed by atoms with van der Waals surface area (Å²) in [4.78, 5) is 12.2. The largest absolute Gasteiger partial charge is 0.329 e. The van der Waals surface area contributed by atoms with Crippen molar-refractivity contribution in [3.8, 4) is 0 Å². The number of aryl methyl sites for hydroxylation is 1. The third-order valence-electron chi connectivity index (χ3n) is 3.69. The van der Waals surface area contributed by atoms with E-state index in [0.29, 0.717) is 12.8 Å². The molecule has 1 saturated carbocycles. The van der Waals surface area contributed by atoms with E-state index in [9.17, 15) is 13.6 Å². The molecule has 0 aromatic heterocycles. The molecule has 1 fully saturated rings. The zero-order chi connectivity index (χ0) is 12.6. The number of Topliss-reactive ketones (excluding diaryl/α,β-unsaturated/α-hetero) is 1. The molecule has 0 radical (unpaired) electrons. The fourth-order valence-electron chi connectivity index (χ4n) is 2.26. The first-order chi connectivity index (χ1) is 8.02. The summed E-state index contributed by atoms with van der Waals surface area (Å²) in [6.07, 6.45) is 2.13. The normalized spacial score (nSPS) is 17.6. The molecule has 17 heavy (non-hydrogen) atoms. The molecule has 0 spiro atoms. The average Bonchev–Trinajstić information content (AvgIpc) is 2.23. The Kier molecular flexibility index (Phi) is 3.00. The second-order valence-corrected chi connectivity index (χ2v) is 4.72. The number of carbonyl (C=O) groups is 1. The van der Waals surface area contributed by atoms with Gasteiger partial charge < -0.3 is 5.73 Å². The summed E-state index contributed by atoms with van der Waals surface area (Å²) < 4.78 is 27.4. The molecule has 0 bridgehead atoms. The summed E-state index contributed by atoms with van der Waals surface area (Å²) >= 11 is 0. The number of hydrogen-bond acceptors (Lipinski definition) is 2. The SMILES string of the molecule is Cc1ccc(F)c(C(=O)C2(CN)CCC2)c1F. The molecule has 0 aliphatic heterocycles. The van der Waals surface area contributed by atoms with Crippen LogP contribution >= 0.6 is 0 Å². The Bertz CT molecular complexity index is 461. The van der Waals surface area contributed by atoms with Crippen molar-refractivity contribution in [1.29, 1.82) is 0 Å². The lowest BCUT2D eigenvalue weighted by Gasteiger charge is -2.39. The van der Waals surface area contributed by atoms with Crippen molar-refractivity contribution in [2.75, 3.05) is 6.54 Å². The van der Waals surface area contributed by atoms with E-state index in [-0.39, 0.29) is 12.1 Å². The minimum Gasteiger partial charge on any atom is -0.329 e. The van der Waals surface area contributed by atoms with Crippen LogP contribution in [0.3, 0.4) is 0 Å². The number of halogens is 2. The van der Waals surface area contributed by atoms with E-state index in [1.165, 1.54) is 13.0 Å². The minimum atomic E-state index is -0.794. The predicted molar refractivity (Wildman–Crippen MR) is 60.8 cm³/mol. The standard InChI is InChI=1S/C13H15F2NO/c1-8-3-4-9(14)10(11(8)15)12(17)13(7-16)5-2-6-13/h3-4H,2,5-7,16H2,1H3. The first kappa shape index (κ1) is 12.2. The van der Waals surface area contributed by atoms with Crippen molar-refractivity contribution >= 4 is 5.78 Å². The van der Waals surface area contributed by atoms with Gasteiger partial charge in [-0.2, -0.15) is 0 Å². The summed E-state index contributed by atoms with van der Waals surface area (Å²) in [6, 6.07) is 2.46. The Morgan fingerprint density at radius 2 is 2.06 bits per heavy atom. The minimum absolute atomic E-state index is 0.151. The predicted octanol–water partition coefficient (Wildman–Crippen LogP) is 2.58. The van der Waals surface area contributed by atoms with Gasteiger partial charge in [0.1, 0.15) is 11.6 Å². The molecule has 1 aromatic carbocycles. The molecule has 0 heterocycles. The first-order valence-electron chi connectivity index (χ1n) is 5.71. The van der Waals surface area contributed by atoms with E-state index >= 15 is 0 Å². The second-order valence-electron chi connectivity index (χ2n) is 4.72. The van der Waals surface area contributed by atoms with Gasteiger partial charge in [-0.25, -0.2) is 8.78 Å². The van der Waals surface area contributed by atoms with Crippen LogP contribution in [0, 0.1) is 24.0 Å². The maximum Gasteiger partial charge on any atom is 0.176 e. The smallest absolute Gasteiger partial charge is 0.176 e. The Hall–Kier alpha value is -1.29. The van der Waals surface area contributed by atoms with Gasteiger partial charge >= 0.3 is 0 Å². The number of carbonyl (C=O) groups excluding carboxylic acids is 1. The van der Waals surface area contributed by atoms with Crippen LogP contribution in [0.1, 0.15) is 35.2 Å². The first-order valence-corrected chi connectivity index (χ1v) is 5.71. The second kappa shape index (κ2) is 4.18. The molecule has 92 valence electrons. The molecular weight excluding hydrogens is 224 g/mol. The van der Waals surface area contributed by atoms with Gasteiger partial charge in [0.25, 0.3) is 0 Å². The van der Waals surface area contributed by atoms with Gasteiger partial charge in [-0.1, -0.05) is 12.5 Å². The van der Waals surface area contributed by atoms with Gasteiger partial charge in [-0.3, -0.25) is 4.79 Å².